The van der Waals surface area contributed by atoms with Crippen molar-refractivity contribution in [1.29, 1.82) is 0 Å². The van der Waals surface area contributed by atoms with E-state index in [0.717, 1.165) is 33.3 Å². The van der Waals surface area contributed by atoms with Gasteiger partial charge >= 0.3 is 0 Å². The minimum Gasteiger partial charge on any atom is -0.508 e. The summed E-state index contributed by atoms with van der Waals surface area (Å²) in [5, 5.41) is 12.8. The molecule has 4 aromatic carbocycles. The van der Waals surface area contributed by atoms with Crippen LogP contribution in [0.15, 0.2) is 133 Å². The molecule has 0 aromatic heterocycles. The number of allylic oxidation sites excluding steroid dienone is 4. The summed E-state index contributed by atoms with van der Waals surface area (Å²) >= 11 is 0. The zero-order chi connectivity index (χ0) is 28.6. The molecule has 41 heavy (non-hydrogen) atoms. The number of benzene rings is 4. The van der Waals surface area contributed by atoms with E-state index in [9.17, 15) is 5.11 Å². The third-order valence-corrected chi connectivity index (χ3v) is 13.4. The van der Waals surface area contributed by atoms with Gasteiger partial charge in [-0.2, -0.15) is 0 Å². The van der Waals surface area contributed by atoms with E-state index in [1.54, 1.807) is 0 Å². The first kappa shape index (κ1) is 27.3. The molecule has 1 N–H and O–H groups in total. The quantitative estimate of drug-likeness (QED) is 0.135. The smallest absolute Gasteiger partial charge is 0.286 e. The normalized spacial score (nSPS) is 20.4. The molecule has 6 heteroatoms. The van der Waals surface area contributed by atoms with Gasteiger partial charge in [-0.1, -0.05) is 111 Å². The van der Waals surface area contributed by atoms with Crippen molar-refractivity contribution < 1.29 is 18.7 Å². The lowest BCUT2D eigenvalue weighted by Crippen LogP contribution is -2.38. The van der Waals surface area contributed by atoms with Crippen LogP contribution >= 0.6 is 15.5 Å². The Bertz CT molecular complexity index is 1740. The standard InChI is InChI=1S/C35H32O4P2/c1-4-6-15-25(24(3)36)35(41(37)34-23-14-10-19-29(34)27-17-8-12-21-31(27)39-41)32(5-2)40-33-22-13-9-18-28(33)26-16-7-11-20-30(26)38-40/h4,6-23,32,35-36H,3,5H2,1-2H3/b6-4-,25-15+. The van der Waals surface area contributed by atoms with Crippen LogP contribution in [0.25, 0.3) is 22.3 Å². The molecule has 206 valence electrons. The molecule has 2 heterocycles. The van der Waals surface area contributed by atoms with Crippen LogP contribution < -0.4 is 19.7 Å². The van der Waals surface area contributed by atoms with Gasteiger partial charge in [0.2, 0.25) is 0 Å². The van der Waals surface area contributed by atoms with Crippen LogP contribution in [0.3, 0.4) is 0 Å². The molecule has 0 saturated carbocycles. The van der Waals surface area contributed by atoms with Gasteiger partial charge in [0.25, 0.3) is 7.37 Å². The molecule has 2 aliphatic heterocycles. The molecular formula is C35H32O4P2. The third-order valence-electron chi connectivity index (χ3n) is 7.74. The summed E-state index contributed by atoms with van der Waals surface area (Å²) in [6.45, 7) is 7.94. The predicted octanol–water partition coefficient (Wildman–Crippen LogP) is 9.15. The summed E-state index contributed by atoms with van der Waals surface area (Å²) in [5.74, 6) is 1.26. The van der Waals surface area contributed by atoms with Crippen LogP contribution in [-0.4, -0.2) is 16.4 Å². The van der Waals surface area contributed by atoms with Crippen molar-refractivity contribution in [3.63, 3.8) is 0 Å². The van der Waals surface area contributed by atoms with Crippen molar-refractivity contribution >= 4 is 26.1 Å². The summed E-state index contributed by atoms with van der Waals surface area (Å²) in [4.78, 5) is 0. The number of rotatable bonds is 7. The van der Waals surface area contributed by atoms with Gasteiger partial charge < -0.3 is 14.2 Å². The molecule has 0 amide bonds. The van der Waals surface area contributed by atoms with E-state index in [1.807, 2.05) is 104 Å². The van der Waals surface area contributed by atoms with Crippen LogP contribution in [0, 0.1) is 0 Å². The van der Waals surface area contributed by atoms with Crippen molar-refractivity contribution in [2.45, 2.75) is 31.6 Å². The highest BCUT2D eigenvalue weighted by atomic mass is 31.2. The molecule has 4 aromatic rings. The lowest BCUT2D eigenvalue weighted by Gasteiger charge is -2.42. The van der Waals surface area contributed by atoms with Crippen molar-refractivity contribution in [1.82, 2.24) is 0 Å². The maximum Gasteiger partial charge on any atom is 0.286 e. The Balaban J connectivity index is 1.60. The van der Waals surface area contributed by atoms with Crippen molar-refractivity contribution in [2.75, 3.05) is 0 Å². The summed E-state index contributed by atoms with van der Waals surface area (Å²) in [6.07, 6.45) is 6.20. The molecule has 0 radical (unpaired) electrons. The van der Waals surface area contributed by atoms with Crippen LogP contribution in [0.4, 0.5) is 0 Å². The fourth-order valence-corrected chi connectivity index (χ4v) is 12.2. The Morgan fingerprint density at radius 3 is 2.15 bits per heavy atom. The second kappa shape index (κ2) is 11.2. The zero-order valence-corrected chi connectivity index (χ0v) is 24.9. The molecule has 6 rings (SSSR count). The van der Waals surface area contributed by atoms with E-state index >= 15 is 4.57 Å². The molecule has 0 bridgehead atoms. The maximum atomic E-state index is 15.7. The summed E-state index contributed by atoms with van der Waals surface area (Å²) in [5.41, 5.74) is 3.45. The molecule has 4 unspecified atom stereocenters. The Morgan fingerprint density at radius 1 is 0.878 bits per heavy atom. The molecule has 4 atom stereocenters. The summed E-state index contributed by atoms with van der Waals surface area (Å²) in [7, 11) is -5.05. The fourth-order valence-electron chi connectivity index (χ4n) is 5.91. The largest absolute Gasteiger partial charge is 0.508 e. The Morgan fingerprint density at radius 2 is 1.46 bits per heavy atom. The monoisotopic (exact) mass is 578 g/mol. The number of aliphatic hydroxyl groups excluding tert-OH is 1. The van der Waals surface area contributed by atoms with Gasteiger partial charge in [-0.25, -0.2) is 0 Å². The molecule has 0 spiro atoms. The van der Waals surface area contributed by atoms with E-state index in [0.29, 0.717) is 23.0 Å². The third kappa shape index (κ3) is 4.66. The van der Waals surface area contributed by atoms with Crippen LogP contribution in [0.1, 0.15) is 20.3 Å². The SMILES string of the molecule is C=C(O)/C(=C\C=C/C)C(C(CC)P1Oc2ccccc2-c2ccccc21)P1(=O)Oc2ccccc2-c2ccccc21. The first-order chi connectivity index (χ1) is 20.0. The maximum absolute atomic E-state index is 15.7. The zero-order valence-electron chi connectivity index (χ0n) is 23.1. The summed E-state index contributed by atoms with van der Waals surface area (Å²) in [6, 6.07) is 31.8. The van der Waals surface area contributed by atoms with Crippen LogP contribution in [0.5, 0.6) is 11.5 Å². The Hall–Kier alpha value is -3.84. The molecule has 2 aliphatic rings. The summed E-state index contributed by atoms with van der Waals surface area (Å²) < 4.78 is 29.2. The highest BCUT2D eigenvalue weighted by Crippen LogP contribution is 2.66. The Labute approximate surface area is 243 Å². The van der Waals surface area contributed by atoms with E-state index in [-0.39, 0.29) is 11.4 Å². The van der Waals surface area contributed by atoms with Gasteiger partial charge in [-0.05, 0) is 42.7 Å². The second-order valence-corrected chi connectivity index (χ2v) is 14.5. The Kier molecular flexibility index (Phi) is 7.47. The van der Waals surface area contributed by atoms with Gasteiger partial charge in [0.15, 0.2) is 0 Å². The van der Waals surface area contributed by atoms with Gasteiger partial charge in [-0.3, -0.25) is 4.57 Å². The molecule has 0 aliphatic carbocycles. The number of para-hydroxylation sites is 2. The van der Waals surface area contributed by atoms with Crippen LogP contribution in [0.2, 0.25) is 0 Å². The average molecular weight is 579 g/mol. The molecular weight excluding hydrogens is 546 g/mol. The topological polar surface area (TPSA) is 55.8 Å². The van der Waals surface area contributed by atoms with Crippen LogP contribution in [-0.2, 0) is 4.57 Å². The van der Waals surface area contributed by atoms with Gasteiger partial charge in [0.05, 0.1) is 11.0 Å². The number of hydrogen-bond donors (Lipinski definition) is 1. The molecule has 0 fully saturated rings. The highest BCUT2D eigenvalue weighted by molar-refractivity contribution is 7.71. The van der Waals surface area contributed by atoms with E-state index < -0.39 is 21.2 Å². The van der Waals surface area contributed by atoms with Gasteiger partial charge in [-0.15, -0.1) is 0 Å². The van der Waals surface area contributed by atoms with Gasteiger partial charge in [0.1, 0.15) is 25.4 Å². The first-order valence-electron chi connectivity index (χ1n) is 13.8. The minimum absolute atomic E-state index is 0.123. The van der Waals surface area contributed by atoms with E-state index in [4.69, 9.17) is 9.05 Å². The molecule has 4 nitrogen and oxygen atoms in total. The van der Waals surface area contributed by atoms with Crippen molar-refractivity contribution in [2.24, 2.45) is 0 Å². The minimum atomic E-state index is -3.72. The fraction of sp³-hybridized carbons (Fsp3) is 0.143. The number of aliphatic hydroxyl groups is 1. The lowest BCUT2D eigenvalue weighted by molar-refractivity contribution is 0.415. The highest BCUT2D eigenvalue weighted by Gasteiger charge is 2.52. The second-order valence-electron chi connectivity index (χ2n) is 10.1. The molecule has 0 saturated heterocycles. The first-order valence-corrected chi connectivity index (χ1v) is 16.8. The van der Waals surface area contributed by atoms with Crippen molar-refractivity contribution in [3.8, 4) is 33.8 Å². The van der Waals surface area contributed by atoms with Gasteiger partial charge in [0, 0.05) is 27.7 Å². The lowest BCUT2D eigenvalue weighted by atomic mass is 10.0. The van der Waals surface area contributed by atoms with E-state index in [2.05, 4.69) is 31.7 Å². The predicted molar refractivity (Wildman–Crippen MR) is 171 cm³/mol. The number of fused-ring (bicyclic) bond motifs is 6. The average Bonchev–Trinajstić information content (AvgIpc) is 3.00. The number of hydrogen-bond acceptors (Lipinski definition) is 4. The van der Waals surface area contributed by atoms with Crippen molar-refractivity contribution in [3.05, 3.63) is 133 Å². The van der Waals surface area contributed by atoms with E-state index in [1.165, 1.54) is 0 Å².